The van der Waals surface area contributed by atoms with Gasteiger partial charge >= 0.3 is 0 Å². The highest BCUT2D eigenvalue weighted by Crippen LogP contribution is 2.39. The minimum Gasteiger partial charge on any atom is -0.494 e. The molecule has 0 spiro atoms. The van der Waals surface area contributed by atoms with Gasteiger partial charge < -0.3 is 10.2 Å². The molecule has 2 N–H and O–H groups in total. The standard InChI is InChI=1S/C16H18N2O6S/c19-15-10-14(25(23,24)13-7-2-1-3-8-13)16(20)17(15)11-5-4-6-12(9-11)18(21)22/h4-6,9-10,13,19-20H,1-3,7-8H2. The van der Waals surface area contributed by atoms with E-state index in [0.29, 0.717) is 12.8 Å². The Morgan fingerprint density at radius 1 is 1.12 bits per heavy atom. The number of hydrogen-bond acceptors (Lipinski definition) is 6. The van der Waals surface area contributed by atoms with Crippen LogP contribution in [0.25, 0.3) is 5.69 Å². The molecule has 1 aromatic heterocycles. The Kier molecular flexibility index (Phi) is 4.42. The molecule has 25 heavy (non-hydrogen) atoms. The minimum absolute atomic E-state index is 0.106. The maximum absolute atomic E-state index is 12.8. The molecule has 0 aliphatic heterocycles. The normalized spacial score (nSPS) is 16.0. The van der Waals surface area contributed by atoms with Crippen LogP contribution in [-0.2, 0) is 9.84 Å². The van der Waals surface area contributed by atoms with Crippen LogP contribution in [0.1, 0.15) is 32.1 Å². The van der Waals surface area contributed by atoms with Gasteiger partial charge in [0.1, 0.15) is 4.90 Å². The summed E-state index contributed by atoms with van der Waals surface area (Å²) >= 11 is 0. The summed E-state index contributed by atoms with van der Waals surface area (Å²) in [6.45, 7) is 0. The van der Waals surface area contributed by atoms with Crippen LogP contribution in [0, 0.1) is 10.1 Å². The molecule has 0 atom stereocenters. The van der Waals surface area contributed by atoms with Crippen molar-refractivity contribution in [2.45, 2.75) is 42.2 Å². The molecule has 9 heteroatoms. The van der Waals surface area contributed by atoms with E-state index >= 15 is 0 Å². The van der Waals surface area contributed by atoms with Crippen LogP contribution in [0.4, 0.5) is 5.69 Å². The minimum atomic E-state index is -3.79. The zero-order valence-electron chi connectivity index (χ0n) is 13.3. The van der Waals surface area contributed by atoms with Gasteiger partial charge in [0.25, 0.3) is 5.69 Å². The van der Waals surface area contributed by atoms with Gasteiger partial charge in [0.2, 0.25) is 5.88 Å². The number of non-ortho nitro benzene ring substituents is 1. The number of benzene rings is 1. The quantitative estimate of drug-likeness (QED) is 0.633. The second-order valence-electron chi connectivity index (χ2n) is 6.11. The van der Waals surface area contributed by atoms with Crippen LogP contribution in [0.15, 0.2) is 35.2 Å². The Labute approximate surface area is 144 Å². The van der Waals surface area contributed by atoms with E-state index in [4.69, 9.17) is 0 Å². The van der Waals surface area contributed by atoms with Crippen LogP contribution >= 0.6 is 0 Å². The van der Waals surface area contributed by atoms with E-state index in [0.717, 1.165) is 36.0 Å². The molecule has 1 heterocycles. The molecule has 1 aromatic carbocycles. The van der Waals surface area contributed by atoms with E-state index in [2.05, 4.69) is 0 Å². The van der Waals surface area contributed by atoms with E-state index in [-0.39, 0.29) is 16.3 Å². The molecule has 1 fully saturated rings. The summed E-state index contributed by atoms with van der Waals surface area (Å²) in [7, 11) is -3.79. The second kappa shape index (κ2) is 6.40. The first-order chi connectivity index (χ1) is 11.8. The lowest BCUT2D eigenvalue weighted by molar-refractivity contribution is -0.384. The molecular weight excluding hydrogens is 348 g/mol. The van der Waals surface area contributed by atoms with Gasteiger partial charge in [0.05, 0.1) is 15.9 Å². The maximum atomic E-state index is 12.8. The lowest BCUT2D eigenvalue weighted by Gasteiger charge is -2.21. The van der Waals surface area contributed by atoms with Crippen molar-refractivity contribution in [3.63, 3.8) is 0 Å². The van der Waals surface area contributed by atoms with Gasteiger partial charge in [0, 0.05) is 18.2 Å². The molecule has 0 saturated heterocycles. The average Bonchev–Trinajstić information content (AvgIpc) is 2.91. The number of rotatable bonds is 4. The number of aromatic hydroxyl groups is 2. The third-order valence-corrected chi connectivity index (χ3v) is 6.78. The monoisotopic (exact) mass is 366 g/mol. The van der Waals surface area contributed by atoms with Crippen molar-refractivity contribution in [3.8, 4) is 17.4 Å². The molecular formula is C16H18N2O6S. The van der Waals surface area contributed by atoms with Crippen molar-refractivity contribution in [3.05, 3.63) is 40.4 Å². The fraction of sp³-hybridized carbons (Fsp3) is 0.375. The van der Waals surface area contributed by atoms with Gasteiger partial charge in [-0.05, 0) is 18.9 Å². The van der Waals surface area contributed by atoms with Crippen molar-refractivity contribution in [2.24, 2.45) is 0 Å². The van der Waals surface area contributed by atoms with Crippen molar-refractivity contribution in [2.75, 3.05) is 0 Å². The molecule has 1 saturated carbocycles. The van der Waals surface area contributed by atoms with Gasteiger partial charge in [-0.3, -0.25) is 14.7 Å². The summed E-state index contributed by atoms with van der Waals surface area (Å²) in [6, 6.07) is 6.24. The fourth-order valence-corrected chi connectivity index (χ4v) is 5.16. The van der Waals surface area contributed by atoms with Crippen LogP contribution in [0.5, 0.6) is 11.8 Å². The Balaban J connectivity index is 2.07. The van der Waals surface area contributed by atoms with Crippen LogP contribution in [-0.4, -0.2) is 33.4 Å². The van der Waals surface area contributed by atoms with Crippen molar-refractivity contribution in [1.29, 1.82) is 0 Å². The average molecular weight is 366 g/mol. The summed E-state index contributed by atoms with van der Waals surface area (Å²) in [5.74, 6) is -1.13. The molecule has 8 nitrogen and oxygen atoms in total. The smallest absolute Gasteiger partial charge is 0.271 e. The summed E-state index contributed by atoms with van der Waals surface area (Å²) in [6.07, 6.45) is 3.64. The van der Waals surface area contributed by atoms with Crippen molar-refractivity contribution >= 4 is 15.5 Å². The summed E-state index contributed by atoms with van der Waals surface area (Å²) in [4.78, 5) is 9.95. The second-order valence-corrected chi connectivity index (χ2v) is 8.30. The van der Waals surface area contributed by atoms with E-state index in [1.165, 1.54) is 18.2 Å². The molecule has 1 aliphatic carbocycles. The number of nitrogens with zero attached hydrogens (tertiary/aromatic N) is 2. The molecule has 0 radical (unpaired) electrons. The lowest BCUT2D eigenvalue weighted by Crippen LogP contribution is -2.23. The summed E-state index contributed by atoms with van der Waals surface area (Å²) < 4.78 is 26.5. The van der Waals surface area contributed by atoms with Crippen molar-refractivity contribution < 1.29 is 23.6 Å². The highest BCUT2D eigenvalue weighted by Gasteiger charge is 2.34. The zero-order chi connectivity index (χ0) is 18.2. The van der Waals surface area contributed by atoms with Gasteiger partial charge in [-0.25, -0.2) is 8.42 Å². The van der Waals surface area contributed by atoms with Gasteiger partial charge in [-0.1, -0.05) is 25.3 Å². The van der Waals surface area contributed by atoms with Gasteiger partial charge in [-0.2, -0.15) is 0 Å². The van der Waals surface area contributed by atoms with E-state index in [1.54, 1.807) is 0 Å². The molecule has 3 rings (SSSR count). The first-order valence-electron chi connectivity index (χ1n) is 7.95. The highest BCUT2D eigenvalue weighted by molar-refractivity contribution is 7.92. The SMILES string of the molecule is O=[N+]([O-])c1cccc(-n2c(O)cc(S(=O)(=O)C3CCCCC3)c2O)c1. The molecule has 2 aromatic rings. The van der Waals surface area contributed by atoms with Gasteiger partial charge in [-0.15, -0.1) is 0 Å². The number of sulfone groups is 1. The van der Waals surface area contributed by atoms with E-state index < -0.39 is 31.8 Å². The first-order valence-corrected chi connectivity index (χ1v) is 9.49. The predicted octanol–water partition coefficient (Wildman–Crippen LogP) is 2.90. The molecule has 134 valence electrons. The third-order valence-electron chi connectivity index (χ3n) is 4.52. The molecule has 0 bridgehead atoms. The fourth-order valence-electron chi connectivity index (χ4n) is 3.23. The number of nitro benzene ring substituents is 1. The molecule has 0 amide bonds. The first kappa shape index (κ1) is 17.3. The Bertz CT molecular complexity index is 913. The topological polar surface area (TPSA) is 123 Å². The lowest BCUT2D eigenvalue weighted by atomic mass is 10.0. The van der Waals surface area contributed by atoms with Crippen LogP contribution in [0.2, 0.25) is 0 Å². The predicted molar refractivity (Wildman–Crippen MR) is 89.8 cm³/mol. The summed E-state index contributed by atoms with van der Waals surface area (Å²) in [5.41, 5.74) is -0.129. The summed E-state index contributed by atoms with van der Waals surface area (Å²) in [5, 5.41) is 30.8. The Morgan fingerprint density at radius 3 is 2.44 bits per heavy atom. The Hall–Kier alpha value is -2.55. The largest absolute Gasteiger partial charge is 0.494 e. The molecule has 0 unspecified atom stereocenters. The number of aromatic nitrogens is 1. The Morgan fingerprint density at radius 2 is 1.80 bits per heavy atom. The van der Waals surface area contributed by atoms with E-state index in [1.807, 2.05) is 0 Å². The maximum Gasteiger partial charge on any atom is 0.271 e. The van der Waals surface area contributed by atoms with Gasteiger partial charge in [0.15, 0.2) is 15.7 Å². The highest BCUT2D eigenvalue weighted by atomic mass is 32.2. The third kappa shape index (κ3) is 3.07. The van der Waals surface area contributed by atoms with Crippen LogP contribution < -0.4 is 0 Å². The van der Waals surface area contributed by atoms with Crippen LogP contribution in [0.3, 0.4) is 0 Å². The molecule has 1 aliphatic rings. The van der Waals surface area contributed by atoms with E-state index in [9.17, 15) is 28.7 Å². The number of hydrogen-bond donors (Lipinski definition) is 2. The number of nitro groups is 1. The van der Waals surface area contributed by atoms with Crippen molar-refractivity contribution in [1.82, 2.24) is 4.57 Å². The zero-order valence-corrected chi connectivity index (χ0v) is 14.1.